The van der Waals surface area contributed by atoms with Gasteiger partial charge < -0.3 is 11.1 Å². The van der Waals surface area contributed by atoms with Crippen LogP contribution in [0.5, 0.6) is 0 Å². The molecule has 0 aliphatic carbocycles. The third kappa shape index (κ3) is 3.58. The van der Waals surface area contributed by atoms with Crippen LogP contribution in [0.2, 0.25) is 0 Å². The molecule has 0 spiro atoms. The fourth-order valence-corrected chi connectivity index (χ4v) is 1.27. The molecule has 76 valence electrons. The zero-order valence-corrected chi connectivity index (χ0v) is 8.36. The maximum Gasteiger partial charge on any atom is 0.218 e. The summed E-state index contributed by atoms with van der Waals surface area (Å²) in [4.78, 5) is 10.5. The number of nitrogens with two attached hydrogens (primary N) is 1. The molecule has 0 bridgehead atoms. The number of hydrogen-bond donors (Lipinski definition) is 2. The van der Waals surface area contributed by atoms with Gasteiger partial charge in [-0.1, -0.05) is 30.3 Å². The number of hydrogen-bond acceptors (Lipinski definition) is 2. The standard InChI is InChI=1S/C11H16N2O/c1-9(13-8-7-11(12)14)10-5-3-2-4-6-10/h2-6,9,13H,7-8H2,1H3,(H2,12,14). The van der Waals surface area contributed by atoms with Gasteiger partial charge in [0.05, 0.1) is 0 Å². The number of amides is 1. The van der Waals surface area contributed by atoms with Crippen LogP contribution in [0.25, 0.3) is 0 Å². The van der Waals surface area contributed by atoms with Crippen LogP contribution in [-0.2, 0) is 4.79 Å². The zero-order chi connectivity index (χ0) is 10.4. The molecule has 0 saturated heterocycles. The van der Waals surface area contributed by atoms with Crippen LogP contribution in [0.3, 0.4) is 0 Å². The predicted octanol–water partition coefficient (Wildman–Crippen LogP) is 1.21. The average molecular weight is 192 g/mol. The first kappa shape index (κ1) is 10.7. The molecule has 1 aromatic carbocycles. The summed E-state index contributed by atoms with van der Waals surface area (Å²) in [7, 11) is 0. The molecule has 0 aliphatic rings. The molecule has 0 aromatic heterocycles. The Labute approximate surface area is 84.3 Å². The monoisotopic (exact) mass is 192 g/mol. The van der Waals surface area contributed by atoms with Gasteiger partial charge in [-0.15, -0.1) is 0 Å². The van der Waals surface area contributed by atoms with Crippen LogP contribution in [0, 0.1) is 0 Å². The molecule has 1 rings (SSSR count). The number of rotatable bonds is 5. The van der Waals surface area contributed by atoms with Gasteiger partial charge in [0.1, 0.15) is 0 Å². The van der Waals surface area contributed by atoms with E-state index in [2.05, 4.69) is 24.4 Å². The van der Waals surface area contributed by atoms with Crippen molar-refractivity contribution in [2.24, 2.45) is 5.73 Å². The predicted molar refractivity (Wildman–Crippen MR) is 56.7 cm³/mol. The van der Waals surface area contributed by atoms with Crippen molar-refractivity contribution in [3.63, 3.8) is 0 Å². The van der Waals surface area contributed by atoms with Crippen molar-refractivity contribution in [3.8, 4) is 0 Å². The Morgan fingerprint density at radius 2 is 2.07 bits per heavy atom. The summed E-state index contributed by atoms with van der Waals surface area (Å²) >= 11 is 0. The minimum absolute atomic E-state index is 0.260. The van der Waals surface area contributed by atoms with E-state index in [1.54, 1.807) is 0 Å². The summed E-state index contributed by atoms with van der Waals surface area (Å²) in [6.07, 6.45) is 0.386. The van der Waals surface area contributed by atoms with Crippen LogP contribution < -0.4 is 11.1 Å². The Morgan fingerprint density at radius 1 is 1.43 bits per heavy atom. The van der Waals surface area contributed by atoms with Gasteiger partial charge in [-0.2, -0.15) is 0 Å². The van der Waals surface area contributed by atoms with E-state index in [4.69, 9.17) is 5.73 Å². The molecular weight excluding hydrogens is 176 g/mol. The molecule has 0 heterocycles. The van der Waals surface area contributed by atoms with E-state index in [1.807, 2.05) is 18.2 Å². The molecule has 0 fully saturated rings. The molecule has 1 unspecified atom stereocenters. The third-order valence-electron chi connectivity index (χ3n) is 2.12. The van der Waals surface area contributed by atoms with Crippen molar-refractivity contribution < 1.29 is 4.79 Å². The average Bonchev–Trinajstić information content (AvgIpc) is 2.18. The molecule has 1 atom stereocenters. The first-order valence-electron chi connectivity index (χ1n) is 4.77. The van der Waals surface area contributed by atoms with E-state index < -0.39 is 0 Å². The van der Waals surface area contributed by atoms with E-state index in [-0.39, 0.29) is 11.9 Å². The maximum atomic E-state index is 10.5. The lowest BCUT2D eigenvalue weighted by Gasteiger charge is -2.13. The smallest absolute Gasteiger partial charge is 0.218 e. The van der Waals surface area contributed by atoms with Crippen molar-refractivity contribution in [2.75, 3.05) is 6.54 Å². The maximum absolute atomic E-state index is 10.5. The largest absolute Gasteiger partial charge is 0.370 e. The lowest BCUT2D eigenvalue weighted by molar-refractivity contribution is -0.117. The number of benzene rings is 1. The van der Waals surface area contributed by atoms with Crippen molar-refractivity contribution in [1.29, 1.82) is 0 Å². The highest BCUT2D eigenvalue weighted by Crippen LogP contribution is 2.10. The van der Waals surface area contributed by atoms with Gasteiger partial charge in [0, 0.05) is 19.0 Å². The minimum atomic E-state index is -0.266. The minimum Gasteiger partial charge on any atom is -0.370 e. The van der Waals surface area contributed by atoms with Gasteiger partial charge >= 0.3 is 0 Å². The van der Waals surface area contributed by atoms with Crippen molar-refractivity contribution >= 4 is 5.91 Å². The molecular formula is C11H16N2O. The summed E-state index contributed by atoms with van der Waals surface area (Å²) in [6, 6.07) is 10.4. The summed E-state index contributed by atoms with van der Waals surface area (Å²) in [5.74, 6) is -0.266. The summed E-state index contributed by atoms with van der Waals surface area (Å²) < 4.78 is 0. The second-order valence-corrected chi connectivity index (χ2v) is 3.30. The highest BCUT2D eigenvalue weighted by atomic mass is 16.1. The number of carbonyl (C=O) groups excluding carboxylic acids is 1. The van der Waals surface area contributed by atoms with Gasteiger partial charge in [-0.3, -0.25) is 4.79 Å². The van der Waals surface area contributed by atoms with Gasteiger partial charge in [0.25, 0.3) is 0 Å². The molecule has 3 heteroatoms. The van der Waals surface area contributed by atoms with Gasteiger partial charge in [-0.25, -0.2) is 0 Å². The van der Waals surface area contributed by atoms with Crippen molar-refractivity contribution in [3.05, 3.63) is 35.9 Å². The topological polar surface area (TPSA) is 55.1 Å². The third-order valence-corrected chi connectivity index (χ3v) is 2.12. The summed E-state index contributed by atoms with van der Waals surface area (Å²) in [6.45, 7) is 2.70. The molecule has 14 heavy (non-hydrogen) atoms. The molecule has 0 aliphatic heterocycles. The highest BCUT2D eigenvalue weighted by molar-refractivity contribution is 5.73. The number of primary amides is 1. The van der Waals surface area contributed by atoms with Crippen LogP contribution in [0.4, 0.5) is 0 Å². The lowest BCUT2D eigenvalue weighted by atomic mass is 10.1. The zero-order valence-electron chi connectivity index (χ0n) is 8.36. The molecule has 3 nitrogen and oxygen atoms in total. The fraction of sp³-hybridized carbons (Fsp3) is 0.364. The van der Waals surface area contributed by atoms with E-state index >= 15 is 0 Å². The molecule has 0 radical (unpaired) electrons. The Bertz CT molecular complexity index is 285. The Kier molecular flexibility index (Phi) is 4.13. The first-order valence-corrected chi connectivity index (χ1v) is 4.77. The van der Waals surface area contributed by atoms with E-state index in [1.165, 1.54) is 5.56 Å². The summed E-state index contributed by atoms with van der Waals surface area (Å²) in [5, 5.41) is 3.23. The fourth-order valence-electron chi connectivity index (χ4n) is 1.27. The van der Waals surface area contributed by atoms with Crippen LogP contribution in [-0.4, -0.2) is 12.5 Å². The van der Waals surface area contributed by atoms with Gasteiger partial charge in [0.2, 0.25) is 5.91 Å². The highest BCUT2D eigenvalue weighted by Gasteiger charge is 2.03. The van der Waals surface area contributed by atoms with Crippen molar-refractivity contribution in [2.45, 2.75) is 19.4 Å². The first-order chi connectivity index (χ1) is 6.70. The van der Waals surface area contributed by atoms with E-state index in [0.29, 0.717) is 13.0 Å². The van der Waals surface area contributed by atoms with Crippen LogP contribution in [0.1, 0.15) is 24.9 Å². The number of nitrogens with one attached hydrogen (secondary N) is 1. The Balaban J connectivity index is 2.36. The lowest BCUT2D eigenvalue weighted by Crippen LogP contribution is -2.24. The molecule has 3 N–H and O–H groups in total. The summed E-state index contributed by atoms with van der Waals surface area (Å²) in [5.41, 5.74) is 6.26. The van der Waals surface area contributed by atoms with Crippen LogP contribution >= 0.6 is 0 Å². The second kappa shape index (κ2) is 5.40. The van der Waals surface area contributed by atoms with E-state index in [0.717, 1.165) is 0 Å². The van der Waals surface area contributed by atoms with Crippen molar-refractivity contribution in [1.82, 2.24) is 5.32 Å². The van der Waals surface area contributed by atoms with E-state index in [9.17, 15) is 4.79 Å². The molecule has 1 amide bonds. The molecule has 0 saturated carbocycles. The van der Waals surface area contributed by atoms with Gasteiger partial charge in [-0.05, 0) is 12.5 Å². The Hall–Kier alpha value is -1.35. The SMILES string of the molecule is CC(NCCC(N)=O)c1ccccc1. The molecule has 1 aromatic rings. The second-order valence-electron chi connectivity index (χ2n) is 3.30. The normalized spacial score (nSPS) is 12.4. The Morgan fingerprint density at radius 3 is 2.64 bits per heavy atom. The van der Waals surface area contributed by atoms with Gasteiger partial charge in [0.15, 0.2) is 0 Å². The number of carbonyl (C=O) groups is 1. The van der Waals surface area contributed by atoms with Crippen LogP contribution in [0.15, 0.2) is 30.3 Å². The quantitative estimate of drug-likeness (QED) is 0.736.